The summed E-state index contributed by atoms with van der Waals surface area (Å²) in [5.41, 5.74) is 5.76. The summed E-state index contributed by atoms with van der Waals surface area (Å²) in [7, 11) is 1.59. The van der Waals surface area contributed by atoms with E-state index < -0.39 is 0 Å². The molecule has 32 heavy (non-hydrogen) atoms. The van der Waals surface area contributed by atoms with E-state index in [1.807, 2.05) is 43.6 Å². The van der Waals surface area contributed by atoms with Gasteiger partial charge in [-0.2, -0.15) is 10.2 Å². The number of aromatic nitrogens is 5. The topological polar surface area (TPSA) is 86.3 Å². The number of nitrogens with one attached hydrogen (secondary N) is 1. The maximum atomic E-state index is 12.6. The molecule has 0 aliphatic carbocycles. The molecule has 5 rings (SSSR count). The molecule has 0 bridgehead atoms. The van der Waals surface area contributed by atoms with Gasteiger partial charge in [0.1, 0.15) is 5.75 Å². The number of nitrogens with zero attached hydrogens (tertiary/aromatic N) is 5. The molecule has 0 atom stereocenters. The fourth-order valence-corrected chi connectivity index (χ4v) is 3.44. The second kappa shape index (κ2) is 7.99. The highest BCUT2D eigenvalue weighted by atomic mass is 16.5. The fourth-order valence-electron chi connectivity index (χ4n) is 3.44. The van der Waals surface area contributed by atoms with Gasteiger partial charge in [0.05, 0.1) is 25.2 Å². The van der Waals surface area contributed by atoms with E-state index >= 15 is 0 Å². The van der Waals surface area contributed by atoms with Gasteiger partial charge in [0.15, 0.2) is 5.65 Å². The molecule has 0 spiro atoms. The summed E-state index contributed by atoms with van der Waals surface area (Å²) in [6.07, 6.45) is 9.15. The predicted octanol–water partition coefficient (Wildman–Crippen LogP) is 4.15. The quantitative estimate of drug-likeness (QED) is 0.458. The van der Waals surface area contributed by atoms with Crippen molar-refractivity contribution in [3.63, 3.8) is 0 Å². The highest BCUT2D eigenvalue weighted by Gasteiger charge is 2.11. The van der Waals surface area contributed by atoms with Crippen LogP contribution in [0.15, 0.2) is 79.5 Å². The van der Waals surface area contributed by atoms with Crippen molar-refractivity contribution >= 4 is 17.2 Å². The Morgan fingerprint density at radius 3 is 2.59 bits per heavy atom. The minimum atomic E-state index is -0.192. The van der Waals surface area contributed by atoms with Crippen LogP contribution >= 0.6 is 0 Å². The van der Waals surface area contributed by atoms with Crippen molar-refractivity contribution < 1.29 is 9.53 Å². The van der Waals surface area contributed by atoms with E-state index in [0.29, 0.717) is 17.0 Å². The molecule has 0 saturated heterocycles. The van der Waals surface area contributed by atoms with Crippen LogP contribution in [-0.2, 0) is 0 Å². The minimum Gasteiger partial charge on any atom is -0.497 e. The van der Waals surface area contributed by atoms with E-state index in [9.17, 15) is 4.79 Å². The summed E-state index contributed by atoms with van der Waals surface area (Å²) < 4.78 is 8.67. The number of aryl methyl sites for hydroxylation is 1. The number of carbonyl (C=O) groups is 1. The minimum absolute atomic E-state index is 0.192. The lowest BCUT2D eigenvalue weighted by Gasteiger charge is -2.11. The van der Waals surface area contributed by atoms with Gasteiger partial charge in [-0.05, 0) is 48.9 Å². The van der Waals surface area contributed by atoms with Crippen molar-refractivity contribution in [3.05, 3.63) is 90.6 Å². The summed E-state index contributed by atoms with van der Waals surface area (Å²) in [5.74, 6) is 0.512. The van der Waals surface area contributed by atoms with Crippen molar-refractivity contribution in [2.45, 2.75) is 6.92 Å². The van der Waals surface area contributed by atoms with E-state index in [-0.39, 0.29) is 5.91 Å². The maximum Gasteiger partial charge on any atom is 0.255 e. The largest absolute Gasteiger partial charge is 0.497 e. The SMILES string of the molecule is COc1ccc(C(=O)Nc2ccc(C)c(-n3cc(-c4cnc5ccnn5c4)cn3)c2)cc1. The zero-order chi connectivity index (χ0) is 22.1. The van der Waals surface area contributed by atoms with Crippen LogP contribution in [-0.4, -0.2) is 37.4 Å². The Labute approximate surface area is 184 Å². The molecular formula is C24H20N6O2. The number of carbonyl (C=O) groups excluding carboxylic acids is 1. The molecule has 8 nitrogen and oxygen atoms in total. The summed E-state index contributed by atoms with van der Waals surface area (Å²) in [5, 5.41) is 11.7. The van der Waals surface area contributed by atoms with Crippen molar-refractivity contribution in [1.82, 2.24) is 24.4 Å². The van der Waals surface area contributed by atoms with Gasteiger partial charge in [0, 0.05) is 47.0 Å². The zero-order valence-corrected chi connectivity index (χ0v) is 17.6. The first-order valence-electron chi connectivity index (χ1n) is 10.0. The van der Waals surface area contributed by atoms with Crippen LogP contribution in [0.4, 0.5) is 5.69 Å². The van der Waals surface area contributed by atoms with Gasteiger partial charge in [-0.25, -0.2) is 14.2 Å². The summed E-state index contributed by atoms with van der Waals surface area (Å²) >= 11 is 0. The van der Waals surface area contributed by atoms with Gasteiger partial charge in [0.2, 0.25) is 0 Å². The zero-order valence-electron chi connectivity index (χ0n) is 17.6. The van der Waals surface area contributed by atoms with Gasteiger partial charge in [0.25, 0.3) is 5.91 Å². The van der Waals surface area contributed by atoms with E-state index in [1.165, 1.54) is 0 Å². The highest BCUT2D eigenvalue weighted by Crippen LogP contribution is 2.24. The smallest absolute Gasteiger partial charge is 0.255 e. The van der Waals surface area contributed by atoms with Crippen LogP contribution in [0.5, 0.6) is 5.75 Å². The van der Waals surface area contributed by atoms with E-state index in [1.54, 1.807) is 59.2 Å². The van der Waals surface area contributed by atoms with E-state index in [4.69, 9.17) is 4.74 Å². The van der Waals surface area contributed by atoms with Crippen LogP contribution in [0.2, 0.25) is 0 Å². The van der Waals surface area contributed by atoms with Crippen molar-refractivity contribution in [2.24, 2.45) is 0 Å². The van der Waals surface area contributed by atoms with Crippen molar-refractivity contribution in [2.75, 3.05) is 12.4 Å². The third-order valence-corrected chi connectivity index (χ3v) is 5.23. The number of anilines is 1. The Bertz CT molecular complexity index is 1420. The molecule has 2 aromatic carbocycles. The molecule has 0 aliphatic heterocycles. The average Bonchev–Trinajstić information content (AvgIpc) is 3.49. The average molecular weight is 424 g/mol. The molecule has 0 aliphatic rings. The number of rotatable bonds is 5. The lowest BCUT2D eigenvalue weighted by molar-refractivity contribution is 0.102. The van der Waals surface area contributed by atoms with Gasteiger partial charge < -0.3 is 10.1 Å². The van der Waals surface area contributed by atoms with E-state index in [2.05, 4.69) is 20.5 Å². The van der Waals surface area contributed by atoms with Crippen LogP contribution in [0, 0.1) is 6.92 Å². The van der Waals surface area contributed by atoms with Crippen LogP contribution in [0.25, 0.3) is 22.5 Å². The standard InChI is InChI=1S/C24H20N6O2/c1-16-3-6-20(28-24(31)17-4-7-21(32-2)8-5-17)11-22(16)29-14-19(13-27-29)18-12-25-23-9-10-26-30(23)15-18/h3-15H,1-2H3,(H,28,31). The molecular weight excluding hydrogens is 404 g/mol. The van der Waals surface area contributed by atoms with Crippen LogP contribution in [0.3, 0.4) is 0 Å². The number of fused-ring (bicyclic) bond motifs is 1. The second-order valence-electron chi connectivity index (χ2n) is 7.33. The van der Waals surface area contributed by atoms with Crippen LogP contribution < -0.4 is 10.1 Å². The molecule has 8 heteroatoms. The Hall–Kier alpha value is -4.46. The first kappa shape index (κ1) is 19.5. The predicted molar refractivity (Wildman–Crippen MR) is 121 cm³/mol. The third kappa shape index (κ3) is 3.69. The first-order valence-corrected chi connectivity index (χ1v) is 10.0. The second-order valence-corrected chi connectivity index (χ2v) is 7.33. The third-order valence-electron chi connectivity index (χ3n) is 5.23. The van der Waals surface area contributed by atoms with Crippen LogP contribution in [0.1, 0.15) is 15.9 Å². The summed E-state index contributed by atoms with van der Waals surface area (Å²) in [4.78, 5) is 17.0. The number of hydrogen-bond donors (Lipinski definition) is 1. The molecule has 0 saturated carbocycles. The fraction of sp³-hybridized carbons (Fsp3) is 0.0833. The Morgan fingerprint density at radius 1 is 0.969 bits per heavy atom. The molecule has 1 amide bonds. The molecule has 0 fully saturated rings. The molecule has 3 aromatic heterocycles. The monoisotopic (exact) mass is 424 g/mol. The van der Waals surface area contributed by atoms with Gasteiger partial charge in [-0.1, -0.05) is 6.07 Å². The first-order chi connectivity index (χ1) is 15.6. The number of amides is 1. The lowest BCUT2D eigenvalue weighted by atomic mass is 10.1. The van der Waals surface area contributed by atoms with Gasteiger partial charge in [-0.15, -0.1) is 0 Å². The number of ether oxygens (including phenoxy) is 1. The molecule has 5 aromatic rings. The Kier molecular flexibility index (Phi) is 4.87. The summed E-state index contributed by atoms with van der Waals surface area (Å²) in [6.45, 7) is 2.00. The molecule has 158 valence electrons. The summed E-state index contributed by atoms with van der Waals surface area (Å²) in [6, 6.07) is 14.6. The number of benzene rings is 2. The molecule has 0 unspecified atom stereocenters. The Morgan fingerprint density at radius 2 is 1.78 bits per heavy atom. The Balaban J connectivity index is 1.40. The van der Waals surface area contributed by atoms with E-state index in [0.717, 1.165) is 28.0 Å². The van der Waals surface area contributed by atoms with Crippen molar-refractivity contribution in [3.8, 4) is 22.6 Å². The number of hydrogen-bond acceptors (Lipinski definition) is 5. The lowest BCUT2D eigenvalue weighted by Crippen LogP contribution is -2.12. The normalized spacial score (nSPS) is 10.9. The number of methoxy groups -OCH3 is 1. The van der Waals surface area contributed by atoms with Gasteiger partial charge >= 0.3 is 0 Å². The molecule has 3 heterocycles. The maximum absolute atomic E-state index is 12.6. The molecule has 1 N–H and O–H groups in total. The molecule has 0 radical (unpaired) electrons. The highest BCUT2D eigenvalue weighted by molar-refractivity contribution is 6.04. The van der Waals surface area contributed by atoms with Gasteiger partial charge in [-0.3, -0.25) is 4.79 Å². The van der Waals surface area contributed by atoms with Crippen molar-refractivity contribution in [1.29, 1.82) is 0 Å².